The highest BCUT2D eigenvalue weighted by Crippen LogP contribution is 2.23. The molecule has 0 bridgehead atoms. The van der Waals surface area contributed by atoms with Crippen molar-refractivity contribution in [1.29, 1.82) is 0 Å². The number of thiazole rings is 1. The summed E-state index contributed by atoms with van der Waals surface area (Å²) in [5.74, 6) is 0.332. The first-order valence-corrected chi connectivity index (χ1v) is 13.0. The van der Waals surface area contributed by atoms with Gasteiger partial charge in [-0.1, -0.05) is 18.2 Å². The van der Waals surface area contributed by atoms with Crippen molar-refractivity contribution in [2.24, 2.45) is 0 Å². The molecule has 1 aromatic heterocycles. The first-order chi connectivity index (χ1) is 15.9. The van der Waals surface area contributed by atoms with E-state index in [0.717, 1.165) is 29.1 Å². The van der Waals surface area contributed by atoms with Crippen molar-refractivity contribution >= 4 is 39.0 Å². The van der Waals surface area contributed by atoms with Crippen LogP contribution in [0.25, 0.3) is 6.08 Å². The van der Waals surface area contributed by atoms with Crippen LogP contribution in [-0.2, 0) is 21.4 Å². The third-order valence-corrected chi connectivity index (χ3v) is 7.94. The zero-order valence-electron chi connectivity index (χ0n) is 18.2. The van der Waals surface area contributed by atoms with E-state index in [0.29, 0.717) is 31.1 Å². The number of aryl methyl sites for hydroxylation is 1. The van der Waals surface area contributed by atoms with Crippen molar-refractivity contribution < 1.29 is 17.9 Å². The van der Waals surface area contributed by atoms with E-state index in [2.05, 4.69) is 10.3 Å². The number of carbonyl (C=O) groups excluding carboxylic acids is 1. The number of benzene rings is 2. The summed E-state index contributed by atoms with van der Waals surface area (Å²) in [4.78, 5) is 17.0. The van der Waals surface area contributed by atoms with Crippen molar-refractivity contribution in [3.05, 3.63) is 76.3 Å². The first kappa shape index (κ1) is 23.2. The summed E-state index contributed by atoms with van der Waals surface area (Å²) >= 11 is 1.57. The van der Waals surface area contributed by atoms with E-state index < -0.39 is 10.0 Å². The second-order valence-corrected chi connectivity index (χ2v) is 10.6. The molecule has 3 aromatic rings. The van der Waals surface area contributed by atoms with Crippen molar-refractivity contribution in [1.82, 2.24) is 9.29 Å². The third-order valence-electron chi connectivity index (χ3n) is 5.20. The monoisotopic (exact) mass is 483 g/mol. The number of amides is 1. The lowest BCUT2D eigenvalue weighted by Gasteiger charge is -2.15. The van der Waals surface area contributed by atoms with Crippen LogP contribution in [0.2, 0.25) is 0 Å². The van der Waals surface area contributed by atoms with Gasteiger partial charge in [0.15, 0.2) is 0 Å². The molecule has 0 radical (unpaired) electrons. The SMILES string of the molecule is Cc1nc(COc2ccccc2/C=C/C(=O)Nc2ccc(S(=O)(=O)N3CCCC3)cc2)cs1. The fraction of sp³-hybridized carbons (Fsp3) is 0.250. The predicted octanol–water partition coefficient (Wildman–Crippen LogP) is 4.47. The lowest BCUT2D eigenvalue weighted by Crippen LogP contribution is -2.27. The molecule has 33 heavy (non-hydrogen) atoms. The summed E-state index contributed by atoms with van der Waals surface area (Å²) in [6.45, 7) is 3.41. The van der Waals surface area contributed by atoms with Crippen molar-refractivity contribution in [3.8, 4) is 5.75 Å². The van der Waals surface area contributed by atoms with Crippen LogP contribution in [0.15, 0.2) is 64.9 Å². The molecule has 1 fully saturated rings. The van der Waals surface area contributed by atoms with Gasteiger partial charge in [0.1, 0.15) is 12.4 Å². The molecule has 1 aliphatic heterocycles. The number of ether oxygens (including phenoxy) is 1. The fourth-order valence-electron chi connectivity index (χ4n) is 3.51. The Bertz CT molecular complexity index is 1240. The first-order valence-electron chi connectivity index (χ1n) is 10.6. The van der Waals surface area contributed by atoms with Gasteiger partial charge in [-0.05, 0) is 56.2 Å². The lowest BCUT2D eigenvalue weighted by atomic mass is 10.2. The van der Waals surface area contributed by atoms with Crippen LogP contribution in [0.5, 0.6) is 5.75 Å². The highest BCUT2D eigenvalue weighted by atomic mass is 32.2. The van der Waals surface area contributed by atoms with E-state index in [9.17, 15) is 13.2 Å². The largest absolute Gasteiger partial charge is 0.487 e. The van der Waals surface area contributed by atoms with Gasteiger partial charge in [-0.15, -0.1) is 11.3 Å². The minimum atomic E-state index is -3.47. The van der Waals surface area contributed by atoms with Crippen LogP contribution >= 0.6 is 11.3 Å². The molecular formula is C24H25N3O4S2. The molecule has 2 aromatic carbocycles. The summed E-state index contributed by atoms with van der Waals surface area (Å²) in [7, 11) is -3.47. The van der Waals surface area contributed by atoms with Crippen LogP contribution in [-0.4, -0.2) is 36.7 Å². The van der Waals surface area contributed by atoms with Gasteiger partial charge in [0.2, 0.25) is 15.9 Å². The molecule has 1 saturated heterocycles. The van der Waals surface area contributed by atoms with Crippen LogP contribution in [0.1, 0.15) is 29.1 Å². The molecule has 172 valence electrons. The quantitative estimate of drug-likeness (QED) is 0.478. The molecule has 1 amide bonds. The minimum Gasteiger partial charge on any atom is -0.487 e. The molecule has 4 rings (SSSR count). The average Bonchev–Trinajstić information content (AvgIpc) is 3.50. The van der Waals surface area contributed by atoms with Crippen molar-refractivity contribution in [2.75, 3.05) is 18.4 Å². The number of nitrogens with zero attached hydrogens (tertiary/aromatic N) is 2. The number of carbonyl (C=O) groups is 1. The maximum absolute atomic E-state index is 12.6. The molecule has 9 heteroatoms. The molecule has 1 N–H and O–H groups in total. The molecule has 0 aliphatic carbocycles. The Balaban J connectivity index is 1.37. The Kier molecular flexibility index (Phi) is 7.22. The lowest BCUT2D eigenvalue weighted by molar-refractivity contribution is -0.111. The van der Waals surface area contributed by atoms with Gasteiger partial charge in [-0.25, -0.2) is 13.4 Å². The van der Waals surface area contributed by atoms with Gasteiger partial charge >= 0.3 is 0 Å². The number of rotatable bonds is 8. The van der Waals surface area contributed by atoms with Gasteiger partial charge in [0.25, 0.3) is 0 Å². The van der Waals surface area contributed by atoms with E-state index in [1.165, 1.54) is 22.5 Å². The number of hydrogen-bond donors (Lipinski definition) is 1. The fourth-order valence-corrected chi connectivity index (χ4v) is 5.63. The Hall–Kier alpha value is -3.01. The summed E-state index contributed by atoms with van der Waals surface area (Å²) in [5, 5.41) is 5.70. The average molecular weight is 484 g/mol. The molecule has 7 nitrogen and oxygen atoms in total. The maximum atomic E-state index is 12.6. The van der Waals surface area contributed by atoms with Crippen LogP contribution in [0, 0.1) is 6.92 Å². The Labute approximate surface area is 197 Å². The summed E-state index contributed by atoms with van der Waals surface area (Å²) in [6, 6.07) is 13.7. The van der Waals surface area contributed by atoms with Gasteiger partial charge in [-0.2, -0.15) is 4.31 Å². The smallest absolute Gasteiger partial charge is 0.248 e. The second kappa shape index (κ2) is 10.3. The molecule has 0 saturated carbocycles. The Morgan fingerprint density at radius 3 is 2.58 bits per heavy atom. The highest BCUT2D eigenvalue weighted by molar-refractivity contribution is 7.89. The minimum absolute atomic E-state index is 0.235. The summed E-state index contributed by atoms with van der Waals surface area (Å²) in [6.07, 6.45) is 4.88. The molecular weight excluding hydrogens is 458 g/mol. The predicted molar refractivity (Wildman–Crippen MR) is 130 cm³/mol. The molecule has 0 unspecified atom stereocenters. The highest BCUT2D eigenvalue weighted by Gasteiger charge is 2.26. The number of sulfonamides is 1. The molecule has 1 aliphatic rings. The zero-order valence-corrected chi connectivity index (χ0v) is 19.9. The summed E-state index contributed by atoms with van der Waals surface area (Å²) in [5.41, 5.74) is 2.16. The third kappa shape index (κ3) is 5.87. The number of para-hydroxylation sites is 1. The van der Waals surface area contributed by atoms with Crippen molar-refractivity contribution in [3.63, 3.8) is 0 Å². The molecule has 0 atom stereocenters. The van der Waals surface area contributed by atoms with Crippen LogP contribution < -0.4 is 10.1 Å². The topological polar surface area (TPSA) is 88.6 Å². The van der Waals surface area contributed by atoms with Crippen LogP contribution in [0.4, 0.5) is 5.69 Å². The maximum Gasteiger partial charge on any atom is 0.248 e. The van der Waals surface area contributed by atoms with Crippen LogP contribution in [0.3, 0.4) is 0 Å². The number of hydrogen-bond acceptors (Lipinski definition) is 6. The number of nitrogens with one attached hydrogen (secondary N) is 1. The van der Waals surface area contributed by atoms with E-state index in [1.54, 1.807) is 29.5 Å². The van der Waals surface area contributed by atoms with Crippen molar-refractivity contribution in [2.45, 2.75) is 31.3 Å². The molecule has 0 spiro atoms. The van der Waals surface area contributed by atoms with Gasteiger partial charge < -0.3 is 10.1 Å². The van der Waals surface area contributed by atoms with Gasteiger partial charge in [0, 0.05) is 35.8 Å². The van der Waals surface area contributed by atoms with E-state index in [4.69, 9.17) is 4.74 Å². The number of aromatic nitrogens is 1. The zero-order chi connectivity index (χ0) is 23.3. The normalized spacial score (nSPS) is 14.6. The standard InChI is InChI=1S/C24H25N3O4S2/c1-18-25-21(17-32-18)16-31-23-7-3-2-6-19(23)8-13-24(28)26-20-9-11-22(12-10-20)33(29,30)27-14-4-5-15-27/h2-3,6-13,17H,4-5,14-16H2,1H3,(H,26,28)/b13-8+. The van der Waals surface area contributed by atoms with E-state index in [-0.39, 0.29) is 10.8 Å². The second-order valence-electron chi connectivity index (χ2n) is 7.64. The van der Waals surface area contributed by atoms with Gasteiger partial charge in [-0.3, -0.25) is 4.79 Å². The van der Waals surface area contributed by atoms with E-state index >= 15 is 0 Å². The number of anilines is 1. The van der Waals surface area contributed by atoms with Gasteiger partial charge in [0.05, 0.1) is 15.6 Å². The Morgan fingerprint density at radius 2 is 1.88 bits per heavy atom. The summed E-state index contributed by atoms with van der Waals surface area (Å²) < 4.78 is 32.6. The van der Waals surface area contributed by atoms with E-state index in [1.807, 2.05) is 36.6 Å². The Morgan fingerprint density at radius 1 is 1.15 bits per heavy atom. The molecule has 2 heterocycles.